The first-order valence-corrected chi connectivity index (χ1v) is 9.22. The van der Waals surface area contributed by atoms with E-state index >= 15 is 0 Å². The summed E-state index contributed by atoms with van der Waals surface area (Å²) in [6.07, 6.45) is 2.91. The van der Waals surface area contributed by atoms with E-state index < -0.39 is 24.3 Å². The summed E-state index contributed by atoms with van der Waals surface area (Å²) < 4.78 is 0. The van der Waals surface area contributed by atoms with Gasteiger partial charge < -0.3 is 5.32 Å². The van der Waals surface area contributed by atoms with E-state index in [0.717, 1.165) is 10.5 Å². The third kappa shape index (κ3) is 3.70. The van der Waals surface area contributed by atoms with Gasteiger partial charge in [0.2, 0.25) is 5.91 Å². The summed E-state index contributed by atoms with van der Waals surface area (Å²) in [6.45, 7) is -0.456. The zero-order valence-corrected chi connectivity index (χ0v) is 16.2. The molecule has 0 fully saturated rings. The molecule has 3 amide bonds. The van der Waals surface area contributed by atoms with Crippen LogP contribution in [0.4, 0.5) is 5.69 Å². The Hall–Kier alpha value is -3.29. The molecule has 29 heavy (non-hydrogen) atoms. The maximum atomic E-state index is 12.5. The summed E-state index contributed by atoms with van der Waals surface area (Å²) in [5.74, 6) is -1.26. The van der Waals surface area contributed by atoms with Crippen LogP contribution in [0, 0.1) is 0 Å². The number of nitrogens with one attached hydrogen (secondary N) is 1. The topological polar surface area (TPSA) is 92.3 Å². The Morgan fingerprint density at radius 1 is 0.931 bits per heavy atom. The van der Waals surface area contributed by atoms with Crippen molar-refractivity contribution >= 4 is 46.6 Å². The van der Waals surface area contributed by atoms with Crippen molar-refractivity contribution in [2.24, 2.45) is 0 Å². The van der Waals surface area contributed by atoms with Crippen molar-refractivity contribution < 1.29 is 14.4 Å². The Labute approximate surface area is 175 Å². The molecule has 4 rings (SSSR count). The van der Waals surface area contributed by atoms with Crippen LogP contribution in [0.2, 0.25) is 10.0 Å². The molecule has 1 N–H and O–H groups in total. The minimum Gasteiger partial charge on any atom is -0.322 e. The Bertz CT molecular complexity index is 1090. The number of carbonyl (C=O) groups is 3. The Balaban J connectivity index is 1.45. The highest BCUT2D eigenvalue weighted by atomic mass is 35.5. The second-order valence-corrected chi connectivity index (χ2v) is 7.03. The summed E-state index contributed by atoms with van der Waals surface area (Å²) >= 11 is 11.8. The molecule has 1 aliphatic heterocycles. The van der Waals surface area contributed by atoms with Gasteiger partial charge in [0.1, 0.15) is 6.54 Å². The van der Waals surface area contributed by atoms with Crippen LogP contribution in [0.15, 0.2) is 54.9 Å². The highest BCUT2D eigenvalue weighted by Crippen LogP contribution is 2.31. The Kier molecular flexibility index (Phi) is 5.00. The van der Waals surface area contributed by atoms with Gasteiger partial charge in [-0.05, 0) is 12.1 Å². The molecule has 2 heterocycles. The second kappa shape index (κ2) is 7.62. The number of amides is 3. The van der Waals surface area contributed by atoms with Gasteiger partial charge in [0.05, 0.1) is 39.3 Å². The summed E-state index contributed by atoms with van der Waals surface area (Å²) in [6, 6.07) is 12.0. The van der Waals surface area contributed by atoms with Crippen molar-refractivity contribution in [1.82, 2.24) is 14.9 Å². The maximum Gasteiger partial charge on any atom is 0.262 e. The molecule has 9 heteroatoms. The zero-order chi connectivity index (χ0) is 20.5. The Morgan fingerprint density at radius 3 is 2.03 bits per heavy atom. The second-order valence-electron chi connectivity index (χ2n) is 6.22. The van der Waals surface area contributed by atoms with Crippen LogP contribution >= 0.6 is 23.2 Å². The van der Waals surface area contributed by atoms with Gasteiger partial charge in [0.25, 0.3) is 11.8 Å². The minimum absolute atomic E-state index is 0.118. The number of hydrogen-bond acceptors (Lipinski definition) is 5. The van der Waals surface area contributed by atoms with Crippen LogP contribution in [-0.2, 0) is 4.79 Å². The normalized spacial score (nSPS) is 12.8. The van der Waals surface area contributed by atoms with Crippen molar-refractivity contribution in [2.75, 3.05) is 11.9 Å². The summed E-state index contributed by atoms with van der Waals surface area (Å²) in [5.41, 5.74) is 1.42. The van der Waals surface area contributed by atoms with Gasteiger partial charge in [-0.2, -0.15) is 0 Å². The highest BCUT2D eigenvalue weighted by Gasteiger charge is 2.37. The predicted octanol–water partition coefficient (Wildman–Crippen LogP) is 3.69. The fourth-order valence-electron chi connectivity index (χ4n) is 2.90. The van der Waals surface area contributed by atoms with E-state index in [9.17, 15) is 14.4 Å². The number of hydrogen-bond donors (Lipinski definition) is 1. The summed E-state index contributed by atoms with van der Waals surface area (Å²) in [4.78, 5) is 46.5. The van der Waals surface area contributed by atoms with Gasteiger partial charge in [0.15, 0.2) is 5.82 Å². The van der Waals surface area contributed by atoms with Crippen molar-refractivity contribution in [3.05, 3.63) is 76.0 Å². The van der Waals surface area contributed by atoms with Crippen molar-refractivity contribution in [3.8, 4) is 11.4 Å². The van der Waals surface area contributed by atoms with Crippen LogP contribution in [0.3, 0.4) is 0 Å². The summed E-state index contributed by atoms with van der Waals surface area (Å²) in [5, 5.41) is 2.90. The molecule has 1 aromatic heterocycles. The van der Waals surface area contributed by atoms with E-state index in [2.05, 4.69) is 15.3 Å². The molecule has 0 saturated carbocycles. The van der Waals surface area contributed by atoms with Crippen LogP contribution < -0.4 is 5.32 Å². The maximum absolute atomic E-state index is 12.5. The average Bonchev–Trinajstić information content (AvgIpc) is 2.94. The number of anilines is 1. The van der Waals surface area contributed by atoms with Gasteiger partial charge in [0, 0.05) is 5.56 Å². The first kappa shape index (κ1) is 19.0. The van der Waals surface area contributed by atoms with Crippen molar-refractivity contribution in [2.45, 2.75) is 0 Å². The Morgan fingerprint density at radius 2 is 1.48 bits per heavy atom. The monoisotopic (exact) mass is 426 g/mol. The molecular weight excluding hydrogens is 415 g/mol. The van der Waals surface area contributed by atoms with E-state index in [1.807, 2.05) is 30.3 Å². The molecule has 0 bridgehead atoms. The third-order valence-electron chi connectivity index (χ3n) is 4.28. The lowest BCUT2D eigenvalue weighted by atomic mass is 10.1. The van der Waals surface area contributed by atoms with Crippen LogP contribution in [-0.4, -0.2) is 39.1 Å². The lowest BCUT2D eigenvalue weighted by Crippen LogP contribution is -2.37. The van der Waals surface area contributed by atoms with Gasteiger partial charge >= 0.3 is 0 Å². The van der Waals surface area contributed by atoms with Gasteiger partial charge in [-0.15, -0.1) is 0 Å². The smallest absolute Gasteiger partial charge is 0.262 e. The number of imide groups is 1. The number of benzene rings is 2. The molecule has 7 nitrogen and oxygen atoms in total. The number of rotatable bonds is 4. The fourth-order valence-corrected chi connectivity index (χ4v) is 3.23. The first-order valence-electron chi connectivity index (χ1n) is 8.46. The molecule has 1 aliphatic rings. The molecule has 0 radical (unpaired) electrons. The SMILES string of the molecule is O=C(CN1C(=O)c2cc(Cl)c(Cl)cc2C1=O)Nc1cnc(-c2ccccc2)nc1. The number of nitrogens with zero attached hydrogens (tertiary/aromatic N) is 3. The predicted molar refractivity (Wildman–Crippen MR) is 108 cm³/mol. The van der Waals surface area contributed by atoms with Crippen LogP contribution in [0.5, 0.6) is 0 Å². The summed E-state index contributed by atoms with van der Waals surface area (Å²) in [7, 11) is 0. The molecule has 0 aliphatic carbocycles. The lowest BCUT2D eigenvalue weighted by molar-refractivity contribution is -0.116. The molecule has 0 unspecified atom stereocenters. The van der Waals surface area contributed by atoms with Crippen molar-refractivity contribution in [3.63, 3.8) is 0 Å². The molecule has 144 valence electrons. The number of halogens is 2. The molecule has 3 aromatic rings. The number of aromatic nitrogens is 2. The molecule has 0 saturated heterocycles. The van der Waals surface area contributed by atoms with Crippen LogP contribution in [0.25, 0.3) is 11.4 Å². The van der Waals surface area contributed by atoms with E-state index in [1.165, 1.54) is 24.5 Å². The van der Waals surface area contributed by atoms with E-state index in [0.29, 0.717) is 11.5 Å². The van der Waals surface area contributed by atoms with Gasteiger partial charge in [-0.1, -0.05) is 53.5 Å². The third-order valence-corrected chi connectivity index (χ3v) is 5.00. The van der Waals surface area contributed by atoms with Crippen LogP contribution in [0.1, 0.15) is 20.7 Å². The minimum atomic E-state index is -0.602. The highest BCUT2D eigenvalue weighted by molar-refractivity contribution is 6.43. The standard InChI is InChI=1S/C20H12Cl2N4O3/c21-15-6-13-14(7-16(15)22)20(29)26(19(13)28)10-17(27)25-12-8-23-18(24-9-12)11-4-2-1-3-5-11/h1-9H,10H2,(H,25,27). The van der Waals surface area contributed by atoms with E-state index in [-0.39, 0.29) is 21.2 Å². The average molecular weight is 427 g/mol. The molecule has 0 atom stereocenters. The lowest BCUT2D eigenvalue weighted by Gasteiger charge is -2.13. The van der Waals surface area contributed by atoms with E-state index in [1.54, 1.807) is 0 Å². The molecule has 2 aromatic carbocycles. The largest absolute Gasteiger partial charge is 0.322 e. The van der Waals surface area contributed by atoms with Gasteiger partial charge in [-0.25, -0.2) is 9.97 Å². The quantitative estimate of drug-likeness (QED) is 0.642. The van der Waals surface area contributed by atoms with Crippen molar-refractivity contribution in [1.29, 1.82) is 0 Å². The number of carbonyl (C=O) groups excluding carboxylic acids is 3. The first-order chi connectivity index (χ1) is 13.9. The number of fused-ring (bicyclic) bond motifs is 1. The fraction of sp³-hybridized carbons (Fsp3) is 0.0500. The van der Waals surface area contributed by atoms with E-state index in [4.69, 9.17) is 23.2 Å². The molecular formula is C20H12Cl2N4O3. The zero-order valence-electron chi connectivity index (χ0n) is 14.7. The molecule has 0 spiro atoms. The van der Waals surface area contributed by atoms with Gasteiger partial charge in [-0.3, -0.25) is 19.3 Å².